The summed E-state index contributed by atoms with van der Waals surface area (Å²) in [5.74, 6) is -3.21. The fourth-order valence-corrected chi connectivity index (χ4v) is 2.52. The number of hydrogen-bond acceptors (Lipinski definition) is 3. The lowest BCUT2D eigenvalue weighted by molar-refractivity contribution is -0.146. The van der Waals surface area contributed by atoms with Crippen molar-refractivity contribution >= 4 is 23.6 Å². The van der Waals surface area contributed by atoms with E-state index in [1.807, 2.05) is 6.92 Å². The van der Waals surface area contributed by atoms with Gasteiger partial charge in [-0.1, -0.05) is 13.3 Å². The number of benzene rings is 1. The number of amides is 1. The van der Waals surface area contributed by atoms with Crippen molar-refractivity contribution in [1.82, 2.24) is 5.32 Å². The molecule has 0 saturated carbocycles. The SMILES string of the molecule is CCCC(C)(NC(=O)CSc1ccc(F)cc1F)C(=O)O. The van der Waals surface area contributed by atoms with Crippen molar-refractivity contribution in [2.75, 3.05) is 5.75 Å². The summed E-state index contributed by atoms with van der Waals surface area (Å²) < 4.78 is 26.1. The lowest BCUT2D eigenvalue weighted by Crippen LogP contribution is -2.52. The molecule has 1 rings (SSSR count). The van der Waals surface area contributed by atoms with Gasteiger partial charge in [-0.3, -0.25) is 4.79 Å². The minimum atomic E-state index is -1.34. The van der Waals surface area contributed by atoms with Crippen LogP contribution in [0.3, 0.4) is 0 Å². The molecule has 7 heteroatoms. The van der Waals surface area contributed by atoms with Crippen molar-refractivity contribution in [3.63, 3.8) is 0 Å². The molecule has 0 spiro atoms. The van der Waals surface area contributed by atoms with Gasteiger partial charge in [0.25, 0.3) is 0 Å². The number of carboxylic acid groups (broad SMARTS) is 1. The molecule has 1 aromatic rings. The average molecular weight is 317 g/mol. The van der Waals surface area contributed by atoms with Crippen molar-refractivity contribution in [2.45, 2.75) is 37.1 Å². The second-order valence-corrected chi connectivity index (χ2v) is 5.82. The lowest BCUT2D eigenvalue weighted by Gasteiger charge is -2.25. The van der Waals surface area contributed by atoms with Crippen molar-refractivity contribution in [3.8, 4) is 0 Å². The number of nitrogens with one attached hydrogen (secondary N) is 1. The van der Waals surface area contributed by atoms with Crippen LogP contribution < -0.4 is 5.32 Å². The predicted molar refractivity (Wildman–Crippen MR) is 76.2 cm³/mol. The monoisotopic (exact) mass is 317 g/mol. The Labute approximate surface area is 125 Å². The number of thioether (sulfide) groups is 1. The first-order valence-electron chi connectivity index (χ1n) is 6.40. The van der Waals surface area contributed by atoms with Crippen LogP contribution in [-0.2, 0) is 9.59 Å². The number of rotatable bonds is 7. The van der Waals surface area contributed by atoms with Crippen molar-refractivity contribution in [1.29, 1.82) is 0 Å². The van der Waals surface area contributed by atoms with Gasteiger partial charge in [-0.05, 0) is 25.5 Å². The number of aliphatic carboxylic acids is 1. The molecular formula is C14H17F2NO3S. The van der Waals surface area contributed by atoms with Gasteiger partial charge in [0.15, 0.2) is 0 Å². The van der Waals surface area contributed by atoms with Crippen LogP contribution in [0, 0.1) is 11.6 Å². The van der Waals surface area contributed by atoms with E-state index in [0.717, 1.165) is 23.9 Å². The smallest absolute Gasteiger partial charge is 0.329 e. The highest BCUT2D eigenvalue weighted by Crippen LogP contribution is 2.22. The van der Waals surface area contributed by atoms with Gasteiger partial charge in [0.2, 0.25) is 5.91 Å². The summed E-state index contributed by atoms with van der Waals surface area (Å²) in [4.78, 5) is 23.1. The highest BCUT2D eigenvalue weighted by Gasteiger charge is 2.33. The minimum Gasteiger partial charge on any atom is -0.480 e. The van der Waals surface area contributed by atoms with Crippen LogP contribution in [0.5, 0.6) is 0 Å². The molecule has 0 radical (unpaired) electrons. The molecule has 4 nitrogen and oxygen atoms in total. The molecule has 0 fully saturated rings. The summed E-state index contributed by atoms with van der Waals surface area (Å²) in [6.45, 7) is 3.25. The first-order valence-corrected chi connectivity index (χ1v) is 7.39. The molecule has 116 valence electrons. The van der Waals surface area contributed by atoms with E-state index in [1.54, 1.807) is 0 Å². The fraction of sp³-hybridized carbons (Fsp3) is 0.429. The number of carbonyl (C=O) groups is 2. The highest BCUT2D eigenvalue weighted by atomic mass is 32.2. The second-order valence-electron chi connectivity index (χ2n) is 4.80. The van der Waals surface area contributed by atoms with E-state index in [0.29, 0.717) is 12.8 Å². The highest BCUT2D eigenvalue weighted by molar-refractivity contribution is 8.00. The van der Waals surface area contributed by atoms with Gasteiger partial charge in [0.05, 0.1) is 5.75 Å². The summed E-state index contributed by atoms with van der Waals surface area (Å²) in [6, 6.07) is 3.07. The summed E-state index contributed by atoms with van der Waals surface area (Å²) in [5.41, 5.74) is -1.34. The standard InChI is InChI=1S/C14H17F2NO3S/c1-3-6-14(2,13(19)20)17-12(18)8-21-11-5-4-9(15)7-10(11)16/h4-5,7H,3,6,8H2,1-2H3,(H,17,18)(H,19,20). The Bertz CT molecular complexity index is 539. The molecular weight excluding hydrogens is 300 g/mol. The minimum absolute atomic E-state index is 0.138. The van der Waals surface area contributed by atoms with Crippen LogP contribution in [0.25, 0.3) is 0 Å². The van der Waals surface area contributed by atoms with Crippen molar-refractivity contribution in [2.24, 2.45) is 0 Å². The van der Waals surface area contributed by atoms with E-state index in [-0.39, 0.29) is 10.6 Å². The molecule has 21 heavy (non-hydrogen) atoms. The molecule has 0 aliphatic heterocycles. The summed E-state index contributed by atoms with van der Waals surface area (Å²) in [5, 5.41) is 11.6. The Morgan fingerprint density at radius 3 is 2.57 bits per heavy atom. The van der Waals surface area contributed by atoms with Crippen LogP contribution >= 0.6 is 11.8 Å². The van der Waals surface area contributed by atoms with E-state index in [4.69, 9.17) is 5.11 Å². The van der Waals surface area contributed by atoms with Crippen molar-refractivity contribution < 1.29 is 23.5 Å². The third-order valence-electron chi connectivity index (χ3n) is 2.89. The zero-order valence-electron chi connectivity index (χ0n) is 11.8. The molecule has 1 aromatic carbocycles. The zero-order chi connectivity index (χ0) is 16.0. The quantitative estimate of drug-likeness (QED) is 0.759. The molecule has 0 aliphatic carbocycles. The lowest BCUT2D eigenvalue weighted by atomic mass is 9.96. The predicted octanol–water partition coefficient (Wildman–Crippen LogP) is 2.82. The number of carbonyl (C=O) groups excluding carboxylic acids is 1. The van der Waals surface area contributed by atoms with Gasteiger partial charge in [0, 0.05) is 11.0 Å². The molecule has 1 amide bonds. The van der Waals surface area contributed by atoms with Crippen LogP contribution in [0.1, 0.15) is 26.7 Å². The van der Waals surface area contributed by atoms with E-state index < -0.39 is 29.0 Å². The maximum atomic E-state index is 13.4. The van der Waals surface area contributed by atoms with Crippen molar-refractivity contribution in [3.05, 3.63) is 29.8 Å². The van der Waals surface area contributed by atoms with E-state index in [2.05, 4.69) is 5.32 Å². The Hall–Kier alpha value is -1.63. The third kappa shape index (κ3) is 5.00. The molecule has 0 saturated heterocycles. The zero-order valence-corrected chi connectivity index (χ0v) is 12.6. The van der Waals surface area contributed by atoms with Crippen LogP contribution in [0.2, 0.25) is 0 Å². The molecule has 0 aromatic heterocycles. The second kappa shape index (κ2) is 7.40. The van der Waals surface area contributed by atoms with Crippen LogP contribution in [-0.4, -0.2) is 28.3 Å². The topological polar surface area (TPSA) is 66.4 Å². The van der Waals surface area contributed by atoms with E-state index in [9.17, 15) is 18.4 Å². The third-order valence-corrected chi connectivity index (χ3v) is 3.94. The number of halogens is 2. The van der Waals surface area contributed by atoms with Crippen LogP contribution in [0.4, 0.5) is 8.78 Å². The van der Waals surface area contributed by atoms with Gasteiger partial charge >= 0.3 is 5.97 Å². The van der Waals surface area contributed by atoms with Gasteiger partial charge in [-0.15, -0.1) is 11.8 Å². The largest absolute Gasteiger partial charge is 0.480 e. The van der Waals surface area contributed by atoms with Gasteiger partial charge < -0.3 is 10.4 Å². The Kier molecular flexibility index (Phi) is 6.14. The van der Waals surface area contributed by atoms with Crippen LogP contribution in [0.15, 0.2) is 23.1 Å². The number of carboxylic acids is 1. The molecule has 0 bridgehead atoms. The first-order chi connectivity index (χ1) is 9.78. The normalized spacial score (nSPS) is 13.5. The van der Waals surface area contributed by atoms with Gasteiger partial charge in [-0.25, -0.2) is 13.6 Å². The van der Waals surface area contributed by atoms with E-state index >= 15 is 0 Å². The molecule has 0 aliphatic rings. The first kappa shape index (κ1) is 17.4. The number of hydrogen-bond donors (Lipinski definition) is 2. The maximum absolute atomic E-state index is 13.4. The summed E-state index contributed by atoms with van der Waals surface area (Å²) in [6.07, 6.45) is 0.895. The fourth-order valence-electron chi connectivity index (χ4n) is 1.80. The Balaban J connectivity index is 2.63. The maximum Gasteiger partial charge on any atom is 0.329 e. The molecule has 1 atom stereocenters. The van der Waals surface area contributed by atoms with E-state index in [1.165, 1.54) is 13.0 Å². The Morgan fingerprint density at radius 2 is 2.05 bits per heavy atom. The van der Waals surface area contributed by atoms with Gasteiger partial charge in [-0.2, -0.15) is 0 Å². The molecule has 1 unspecified atom stereocenters. The van der Waals surface area contributed by atoms with Gasteiger partial charge in [0.1, 0.15) is 17.2 Å². The summed E-state index contributed by atoms with van der Waals surface area (Å²) >= 11 is 0.888. The Morgan fingerprint density at radius 1 is 1.38 bits per heavy atom. The summed E-state index contributed by atoms with van der Waals surface area (Å²) in [7, 11) is 0. The molecule has 2 N–H and O–H groups in total. The average Bonchev–Trinajstić information content (AvgIpc) is 2.37. The molecule has 0 heterocycles.